The summed E-state index contributed by atoms with van der Waals surface area (Å²) in [6, 6.07) is 4.20. The molecule has 0 N–H and O–H groups in total. The molecule has 2 rings (SSSR count). The highest BCUT2D eigenvalue weighted by atomic mass is 16.5. The third-order valence-corrected chi connectivity index (χ3v) is 3.49. The molecule has 1 aliphatic carbocycles. The van der Waals surface area contributed by atoms with Gasteiger partial charge in [0.2, 0.25) is 0 Å². The zero-order chi connectivity index (χ0) is 13.2. The molecule has 0 spiro atoms. The van der Waals surface area contributed by atoms with Crippen LogP contribution in [-0.4, -0.2) is 12.9 Å². The maximum atomic E-state index is 10.8. The predicted octanol–water partition coefficient (Wildman–Crippen LogP) is 3.52. The smallest absolute Gasteiger partial charge is 0.124 e. The van der Waals surface area contributed by atoms with E-state index in [1.54, 1.807) is 0 Å². The summed E-state index contributed by atoms with van der Waals surface area (Å²) in [6.07, 6.45) is 6.73. The monoisotopic (exact) mass is 244 g/mol. The molecule has 2 heteroatoms. The van der Waals surface area contributed by atoms with Crippen LogP contribution < -0.4 is 4.74 Å². The lowest BCUT2D eigenvalue weighted by atomic mass is 9.75. The molecule has 1 aliphatic rings. The molecule has 0 atom stereocenters. The summed E-state index contributed by atoms with van der Waals surface area (Å²) in [5, 5.41) is 0. The van der Waals surface area contributed by atoms with Crippen LogP contribution in [0.4, 0.5) is 0 Å². The van der Waals surface area contributed by atoms with E-state index in [4.69, 9.17) is 4.74 Å². The molecule has 2 nitrogen and oxygen atoms in total. The predicted molar refractivity (Wildman–Crippen MR) is 74.1 cm³/mol. The molecule has 0 amide bonds. The van der Waals surface area contributed by atoms with Crippen molar-refractivity contribution in [2.24, 2.45) is 0 Å². The van der Waals surface area contributed by atoms with E-state index >= 15 is 0 Å². The SMILES string of the molecule is CCOc1cc2c(cc1CC=O)C=CCC2(C)C. The topological polar surface area (TPSA) is 26.3 Å². The van der Waals surface area contributed by atoms with E-state index in [0.717, 1.165) is 24.0 Å². The number of aldehydes is 1. The summed E-state index contributed by atoms with van der Waals surface area (Å²) in [4.78, 5) is 10.8. The van der Waals surface area contributed by atoms with Gasteiger partial charge in [-0.25, -0.2) is 0 Å². The van der Waals surface area contributed by atoms with Crippen molar-refractivity contribution in [1.82, 2.24) is 0 Å². The van der Waals surface area contributed by atoms with Gasteiger partial charge in [-0.15, -0.1) is 0 Å². The molecule has 0 radical (unpaired) electrons. The average molecular weight is 244 g/mol. The summed E-state index contributed by atoms with van der Waals surface area (Å²) in [5.41, 5.74) is 3.64. The summed E-state index contributed by atoms with van der Waals surface area (Å²) in [5.74, 6) is 0.853. The largest absolute Gasteiger partial charge is 0.494 e. The molecule has 0 unspecified atom stereocenters. The van der Waals surface area contributed by atoms with Crippen LogP contribution in [0.1, 0.15) is 43.9 Å². The van der Waals surface area contributed by atoms with Gasteiger partial charge in [0.25, 0.3) is 0 Å². The molecular weight excluding hydrogens is 224 g/mol. The maximum absolute atomic E-state index is 10.8. The molecule has 96 valence electrons. The fraction of sp³-hybridized carbons (Fsp3) is 0.438. The third kappa shape index (κ3) is 2.33. The van der Waals surface area contributed by atoms with Gasteiger partial charge < -0.3 is 9.53 Å². The Hall–Kier alpha value is -1.57. The molecule has 0 saturated heterocycles. The molecule has 18 heavy (non-hydrogen) atoms. The lowest BCUT2D eigenvalue weighted by molar-refractivity contribution is -0.107. The molecule has 0 bridgehead atoms. The van der Waals surface area contributed by atoms with Crippen molar-refractivity contribution in [2.45, 2.75) is 39.0 Å². The van der Waals surface area contributed by atoms with E-state index in [0.29, 0.717) is 13.0 Å². The third-order valence-electron chi connectivity index (χ3n) is 3.49. The van der Waals surface area contributed by atoms with Crippen molar-refractivity contribution >= 4 is 12.4 Å². The van der Waals surface area contributed by atoms with Crippen molar-refractivity contribution in [3.63, 3.8) is 0 Å². The van der Waals surface area contributed by atoms with Gasteiger partial charge in [0.15, 0.2) is 0 Å². The van der Waals surface area contributed by atoms with Crippen LogP contribution in [0, 0.1) is 0 Å². The van der Waals surface area contributed by atoms with Crippen LogP contribution in [0.15, 0.2) is 18.2 Å². The molecule has 1 aromatic carbocycles. The molecule has 0 heterocycles. The molecule has 0 fully saturated rings. The number of carbonyl (C=O) groups excluding carboxylic acids is 1. The van der Waals surface area contributed by atoms with Gasteiger partial charge in [0, 0.05) is 12.0 Å². The normalized spacial score (nSPS) is 16.2. The lowest BCUT2D eigenvalue weighted by Crippen LogP contribution is -2.20. The molecule has 1 aromatic rings. The number of fused-ring (bicyclic) bond motifs is 1. The first-order chi connectivity index (χ1) is 8.58. The Kier molecular flexibility index (Phi) is 3.55. The second kappa shape index (κ2) is 4.97. The van der Waals surface area contributed by atoms with Crippen molar-refractivity contribution < 1.29 is 9.53 Å². The van der Waals surface area contributed by atoms with E-state index in [1.165, 1.54) is 11.1 Å². The number of hydrogen-bond donors (Lipinski definition) is 0. The quantitative estimate of drug-likeness (QED) is 0.757. The van der Waals surface area contributed by atoms with Crippen LogP contribution in [0.5, 0.6) is 5.75 Å². The summed E-state index contributed by atoms with van der Waals surface area (Å²) in [6.45, 7) is 7.07. The van der Waals surface area contributed by atoms with Gasteiger partial charge >= 0.3 is 0 Å². The zero-order valence-electron chi connectivity index (χ0n) is 11.3. The number of allylic oxidation sites excluding steroid dienone is 1. The number of ether oxygens (including phenoxy) is 1. The number of hydrogen-bond acceptors (Lipinski definition) is 2. The zero-order valence-corrected chi connectivity index (χ0v) is 11.3. The Bertz CT molecular complexity index is 484. The van der Waals surface area contributed by atoms with Gasteiger partial charge in [0.1, 0.15) is 12.0 Å². The van der Waals surface area contributed by atoms with Gasteiger partial charge in [-0.2, -0.15) is 0 Å². The second-order valence-electron chi connectivity index (χ2n) is 5.34. The summed E-state index contributed by atoms with van der Waals surface area (Å²) in [7, 11) is 0. The van der Waals surface area contributed by atoms with E-state index in [9.17, 15) is 4.79 Å². The Balaban J connectivity index is 2.54. The maximum Gasteiger partial charge on any atom is 0.124 e. The van der Waals surface area contributed by atoms with E-state index in [1.807, 2.05) is 6.92 Å². The first kappa shape index (κ1) is 12.9. The first-order valence-corrected chi connectivity index (χ1v) is 6.49. The standard InChI is InChI=1S/C16H20O2/c1-4-18-15-11-14-12(10-13(15)7-9-17)6-5-8-16(14,2)3/h5-6,9-11H,4,7-8H2,1-3H3. The van der Waals surface area contributed by atoms with Gasteiger partial charge in [-0.1, -0.05) is 26.0 Å². The van der Waals surface area contributed by atoms with Gasteiger partial charge in [-0.05, 0) is 42.0 Å². The van der Waals surface area contributed by atoms with Crippen LogP contribution in [-0.2, 0) is 16.6 Å². The minimum absolute atomic E-state index is 0.135. The first-order valence-electron chi connectivity index (χ1n) is 6.49. The second-order valence-corrected chi connectivity index (χ2v) is 5.34. The fourth-order valence-electron chi connectivity index (χ4n) is 2.50. The van der Waals surface area contributed by atoms with Crippen LogP contribution in [0.2, 0.25) is 0 Å². The minimum Gasteiger partial charge on any atom is -0.494 e. The Labute approximate surface area is 109 Å². The molecule has 0 aliphatic heterocycles. The fourth-order valence-corrected chi connectivity index (χ4v) is 2.50. The minimum atomic E-state index is 0.135. The van der Waals surface area contributed by atoms with Crippen molar-refractivity contribution in [2.75, 3.05) is 6.61 Å². The van der Waals surface area contributed by atoms with Crippen LogP contribution >= 0.6 is 0 Å². The summed E-state index contributed by atoms with van der Waals surface area (Å²) >= 11 is 0. The highest BCUT2D eigenvalue weighted by Crippen LogP contribution is 2.38. The number of benzene rings is 1. The molecule has 0 saturated carbocycles. The highest BCUT2D eigenvalue weighted by Gasteiger charge is 2.26. The Morgan fingerprint density at radius 2 is 2.17 bits per heavy atom. The van der Waals surface area contributed by atoms with Crippen molar-refractivity contribution in [3.8, 4) is 5.75 Å². The molecule has 0 aromatic heterocycles. The van der Waals surface area contributed by atoms with E-state index in [2.05, 4.69) is 38.1 Å². The van der Waals surface area contributed by atoms with E-state index in [-0.39, 0.29) is 5.41 Å². The van der Waals surface area contributed by atoms with Crippen molar-refractivity contribution in [3.05, 3.63) is 34.9 Å². The summed E-state index contributed by atoms with van der Waals surface area (Å²) < 4.78 is 5.67. The lowest BCUT2D eigenvalue weighted by Gasteiger charge is -2.30. The average Bonchev–Trinajstić information content (AvgIpc) is 2.31. The van der Waals surface area contributed by atoms with Crippen LogP contribution in [0.3, 0.4) is 0 Å². The highest BCUT2D eigenvalue weighted by molar-refractivity contribution is 5.66. The Morgan fingerprint density at radius 1 is 1.39 bits per heavy atom. The van der Waals surface area contributed by atoms with Gasteiger partial charge in [-0.3, -0.25) is 0 Å². The van der Waals surface area contributed by atoms with E-state index < -0.39 is 0 Å². The van der Waals surface area contributed by atoms with Crippen LogP contribution in [0.25, 0.3) is 6.08 Å². The van der Waals surface area contributed by atoms with Gasteiger partial charge in [0.05, 0.1) is 6.61 Å². The number of carbonyl (C=O) groups is 1. The Morgan fingerprint density at radius 3 is 2.83 bits per heavy atom. The molecular formula is C16H20O2. The number of rotatable bonds is 4. The van der Waals surface area contributed by atoms with Crippen molar-refractivity contribution in [1.29, 1.82) is 0 Å².